The molecule has 0 aliphatic rings. The molecule has 0 bridgehead atoms. The summed E-state index contributed by atoms with van der Waals surface area (Å²) in [6.45, 7) is 1.99. The molecule has 6 nitrogen and oxygen atoms in total. The van der Waals surface area contributed by atoms with Crippen LogP contribution in [0.15, 0.2) is 77.6 Å². The molecule has 0 saturated carbocycles. The van der Waals surface area contributed by atoms with Crippen molar-refractivity contribution in [3.05, 3.63) is 110 Å². The molecule has 0 atom stereocenters. The van der Waals surface area contributed by atoms with Crippen LogP contribution in [0.3, 0.4) is 0 Å². The van der Waals surface area contributed by atoms with Crippen LogP contribution in [0.4, 0.5) is 5.69 Å². The fourth-order valence-corrected chi connectivity index (χ4v) is 3.25. The molecule has 1 aromatic heterocycles. The van der Waals surface area contributed by atoms with Crippen LogP contribution in [0, 0.1) is 17.0 Å². The maximum absolute atomic E-state index is 13.3. The number of nitro benzene ring substituents is 1. The maximum Gasteiger partial charge on any atom is 0.293 e. The van der Waals surface area contributed by atoms with Crippen LogP contribution >= 0.6 is 0 Å². The van der Waals surface area contributed by atoms with Crippen molar-refractivity contribution in [2.75, 3.05) is 0 Å². The molecule has 0 unspecified atom stereocenters. The fraction of sp³-hybridized carbons (Fsp3) is 0.0435. The molecule has 0 spiro atoms. The van der Waals surface area contributed by atoms with E-state index in [1.165, 1.54) is 10.6 Å². The fourth-order valence-electron chi connectivity index (χ4n) is 3.25. The van der Waals surface area contributed by atoms with Crippen LogP contribution in [0.1, 0.15) is 17.0 Å². The number of nitro groups is 1. The number of hydrogen-bond acceptors (Lipinski definition) is 4. The predicted molar refractivity (Wildman–Crippen MR) is 114 cm³/mol. The monoisotopic (exact) mass is 383 g/mol. The van der Waals surface area contributed by atoms with Gasteiger partial charge in [0.25, 0.3) is 11.2 Å². The van der Waals surface area contributed by atoms with Gasteiger partial charge in [-0.3, -0.25) is 19.5 Å². The minimum absolute atomic E-state index is 0.156. The third-order valence-corrected chi connectivity index (χ3v) is 4.59. The van der Waals surface area contributed by atoms with Gasteiger partial charge in [-0.1, -0.05) is 60.2 Å². The first kappa shape index (κ1) is 18.3. The average molecular weight is 383 g/mol. The van der Waals surface area contributed by atoms with E-state index in [2.05, 4.69) is 4.98 Å². The third-order valence-electron chi connectivity index (χ3n) is 4.59. The van der Waals surface area contributed by atoms with Crippen molar-refractivity contribution in [3.8, 4) is 5.69 Å². The van der Waals surface area contributed by atoms with Gasteiger partial charge in [0, 0.05) is 6.07 Å². The summed E-state index contributed by atoms with van der Waals surface area (Å²) < 4.78 is 1.30. The molecule has 3 aromatic carbocycles. The van der Waals surface area contributed by atoms with Gasteiger partial charge >= 0.3 is 0 Å². The molecule has 142 valence electrons. The van der Waals surface area contributed by atoms with Gasteiger partial charge in [-0.2, -0.15) is 0 Å². The Hall–Kier alpha value is -4.06. The van der Waals surface area contributed by atoms with Crippen molar-refractivity contribution in [1.29, 1.82) is 0 Å². The Labute approximate surface area is 166 Å². The second-order valence-corrected chi connectivity index (χ2v) is 6.62. The molecule has 0 radical (unpaired) electrons. The minimum atomic E-state index is -0.495. The molecule has 0 saturated heterocycles. The molecule has 4 aromatic rings. The number of hydrogen-bond donors (Lipinski definition) is 0. The van der Waals surface area contributed by atoms with Crippen LogP contribution in [-0.2, 0) is 0 Å². The van der Waals surface area contributed by atoms with Crippen LogP contribution < -0.4 is 5.56 Å². The lowest BCUT2D eigenvalue weighted by atomic mass is 10.1. The highest BCUT2D eigenvalue weighted by Gasteiger charge is 2.19. The Morgan fingerprint density at radius 2 is 1.72 bits per heavy atom. The van der Waals surface area contributed by atoms with E-state index >= 15 is 0 Å². The highest BCUT2D eigenvalue weighted by atomic mass is 16.6. The molecular formula is C23H17N3O3. The van der Waals surface area contributed by atoms with Gasteiger partial charge in [-0.05, 0) is 36.8 Å². The van der Waals surface area contributed by atoms with E-state index in [4.69, 9.17) is 0 Å². The summed E-state index contributed by atoms with van der Waals surface area (Å²) in [5.41, 5.74) is 2.27. The van der Waals surface area contributed by atoms with Gasteiger partial charge in [-0.25, -0.2) is 4.98 Å². The number of benzene rings is 3. The Morgan fingerprint density at radius 3 is 2.52 bits per heavy atom. The molecule has 1 heterocycles. The number of aromatic nitrogens is 2. The number of rotatable bonds is 4. The normalized spacial score (nSPS) is 11.2. The van der Waals surface area contributed by atoms with Gasteiger partial charge in [0.1, 0.15) is 11.5 Å². The second kappa shape index (κ2) is 7.52. The van der Waals surface area contributed by atoms with E-state index < -0.39 is 4.92 Å². The lowest BCUT2D eigenvalue weighted by Gasteiger charge is -2.11. The summed E-state index contributed by atoms with van der Waals surface area (Å²) in [6.07, 6.45) is 3.55. The summed E-state index contributed by atoms with van der Waals surface area (Å²) >= 11 is 0. The summed E-state index contributed by atoms with van der Waals surface area (Å²) in [5.74, 6) is 0.324. The van der Waals surface area contributed by atoms with Crippen molar-refractivity contribution in [2.24, 2.45) is 0 Å². The molecule has 29 heavy (non-hydrogen) atoms. The standard InChI is InChI=1S/C23H17N3O3/c1-16-7-6-8-17(15-16)13-14-22-24-19-10-3-2-9-18(19)23(27)25(22)20-11-4-5-12-21(20)26(28)29/h2-15H,1H3/b14-13-. The summed E-state index contributed by atoms with van der Waals surface area (Å²) in [6, 6.07) is 21.0. The number of fused-ring (bicyclic) bond motifs is 1. The van der Waals surface area contributed by atoms with Crippen LogP contribution in [0.5, 0.6) is 0 Å². The lowest BCUT2D eigenvalue weighted by Crippen LogP contribution is -2.23. The first-order valence-corrected chi connectivity index (χ1v) is 9.05. The Balaban J connectivity index is 2.00. The summed E-state index contributed by atoms with van der Waals surface area (Å²) in [5, 5.41) is 12.0. The number of aryl methyl sites for hydroxylation is 1. The third kappa shape index (κ3) is 3.55. The van der Waals surface area contributed by atoms with Gasteiger partial charge in [0.05, 0.1) is 15.8 Å². The first-order chi connectivity index (χ1) is 14.0. The first-order valence-electron chi connectivity index (χ1n) is 9.05. The predicted octanol–water partition coefficient (Wildman–Crippen LogP) is 4.77. The number of nitrogens with zero attached hydrogens (tertiary/aromatic N) is 3. The lowest BCUT2D eigenvalue weighted by molar-refractivity contribution is -0.384. The molecule has 0 amide bonds. The van der Waals surface area contributed by atoms with E-state index in [9.17, 15) is 14.9 Å². The molecule has 4 rings (SSSR count). The van der Waals surface area contributed by atoms with Crippen molar-refractivity contribution < 1.29 is 4.92 Å². The van der Waals surface area contributed by atoms with E-state index in [0.29, 0.717) is 16.7 Å². The highest BCUT2D eigenvalue weighted by molar-refractivity contribution is 5.80. The SMILES string of the molecule is Cc1cccc(/C=C\c2nc3ccccc3c(=O)n2-c2ccccc2[N+](=O)[O-])c1. The topological polar surface area (TPSA) is 78.0 Å². The zero-order valence-electron chi connectivity index (χ0n) is 15.6. The van der Waals surface area contributed by atoms with Crippen LogP contribution in [0.2, 0.25) is 0 Å². The largest absolute Gasteiger partial charge is 0.293 e. The maximum atomic E-state index is 13.3. The summed E-state index contributed by atoms with van der Waals surface area (Å²) in [7, 11) is 0. The van der Waals surface area contributed by atoms with Crippen molar-refractivity contribution >= 4 is 28.7 Å². The Bertz CT molecular complexity index is 1320. The van der Waals surface area contributed by atoms with Gasteiger partial charge in [0.15, 0.2) is 0 Å². The minimum Gasteiger partial charge on any atom is -0.268 e. The van der Waals surface area contributed by atoms with Gasteiger partial charge in [-0.15, -0.1) is 0 Å². The molecule has 0 aliphatic heterocycles. The Morgan fingerprint density at radius 1 is 0.966 bits per heavy atom. The summed E-state index contributed by atoms with van der Waals surface area (Å²) in [4.78, 5) is 28.9. The Kier molecular flexibility index (Phi) is 4.75. The van der Waals surface area contributed by atoms with Crippen molar-refractivity contribution in [3.63, 3.8) is 0 Å². The molecule has 6 heteroatoms. The van der Waals surface area contributed by atoms with E-state index in [1.54, 1.807) is 48.5 Å². The zero-order valence-corrected chi connectivity index (χ0v) is 15.6. The number of para-hydroxylation sites is 3. The van der Waals surface area contributed by atoms with E-state index in [1.807, 2.05) is 37.3 Å². The van der Waals surface area contributed by atoms with Crippen molar-refractivity contribution in [1.82, 2.24) is 9.55 Å². The van der Waals surface area contributed by atoms with E-state index in [-0.39, 0.29) is 16.9 Å². The van der Waals surface area contributed by atoms with Gasteiger partial charge in [0.2, 0.25) is 0 Å². The van der Waals surface area contributed by atoms with E-state index in [0.717, 1.165) is 11.1 Å². The molecule has 0 fully saturated rings. The van der Waals surface area contributed by atoms with Gasteiger partial charge < -0.3 is 0 Å². The van der Waals surface area contributed by atoms with Crippen LogP contribution in [0.25, 0.3) is 28.7 Å². The quantitative estimate of drug-likeness (QED) is 0.375. The second-order valence-electron chi connectivity index (χ2n) is 6.62. The zero-order chi connectivity index (χ0) is 20.4. The van der Waals surface area contributed by atoms with Crippen molar-refractivity contribution in [2.45, 2.75) is 6.92 Å². The smallest absolute Gasteiger partial charge is 0.268 e. The molecule has 0 N–H and O–H groups in total. The van der Waals surface area contributed by atoms with Crippen LogP contribution in [-0.4, -0.2) is 14.5 Å². The highest BCUT2D eigenvalue weighted by Crippen LogP contribution is 2.24. The average Bonchev–Trinajstić information content (AvgIpc) is 2.72. The molecule has 0 aliphatic carbocycles. The molecular weight excluding hydrogens is 366 g/mol.